The van der Waals surface area contributed by atoms with E-state index in [1.54, 1.807) is 0 Å². The first kappa shape index (κ1) is 86.8. The van der Waals surface area contributed by atoms with E-state index in [9.17, 15) is 0 Å². The molecule has 672 valence electrons. The van der Waals surface area contributed by atoms with Crippen molar-refractivity contribution in [2.75, 3.05) is 0 Å². The molecule has 26 aromatic carbocycles. The van der Waals surface area contributed by atoms with Crippen molar-refractivity contribution in [1.82, 2.24) is 0 Å². The lowest BCUT2D eigenvalue weighted by Gasteiger charge is -2.21. The molecule has 0 aromatic heterocycles. The van der Waals surface area contributed by atoms with Crippen LogP contribution in [0.25, 0.3) is 268 Å². The molecule has 0 heteroatoms. The van der Waals surface area contributed by atoms with Crippen molar-refractivity contribution < 1.29 is 0 Å². The molecule has 0 aliphatic rings. The molecule has 144 heavy (non-hydrogen) atoms. The standard InChI is InChI=1S/2C72H48/c1-4-17-60-46-51(30-32-53(60)14-1)28-26-49-12-9-20-62(44-49)56-34-39-58(40-35-56)70-67-22-7-8-23-68(67)71(72-66(24-11-25-69(70)72)65-43-38-55-16-3-6-19-64(55)48-65)59-41-36-57(37-42-59)63-21-10-13-50(45-63)27-29-52-31-33-54-15-2-5-18-61(54)47-52;1-2-19-62-48-63(45-40-51(62)16-1)66-30-13-31-69-70(58-41-36-52(37-42-58)60-24-9-14-49(46-60)32-34-56-22-11-20-54-17-3-5-26-64(54)56)67-28-7-8-29-68(67)71(72(66)69)59-43-38-53(39-44-59)61-25-10-15-50(47-61)33-35-57-23-12-21-55-18-4-6-27-65(55)57/h2*1-48H/b28-26+,29-27+;34-32+,35-33+. The van der Waals surface area contributed by atoms with E-state index in [1.165, 1.54) is 264 Å². The first-order valence-corrected chi connectivity index (χ1v) is 49.8. The predicted molar refractivity (Wildman–Crippen MR) is 624 cm³/mol. The minimum absolute atomic E-state index is 1.17. The third-order valence-corrected chi connectivity index (χ3v) is 28.8. The van der Waals surface area contributed by atoms with E-state index >= 15 is 0 Å². The minimum atomic E-state index is 1.17. The van der Waals surface area contributed by atoms with Crippen molar-refractivity contribution in [2.45, 2.75) is 0 Å². The van der Waals surface area contributed by atoms with Crippen LogP contribution in [0.1, 0.15) is 44.5 Å². The van der Waals surface area contributed by atoms with Gasteiger partial charge in [-0.15, -0.1) is 0 Å². The molecule has 0 fully saturated rings. The van der Waals surface area contributed by atoms with Gasteiger partial charge in [0.25, 0.3) is 0 Å². The Hall–Kier alpha value is -18.7. The highest BCUT2D eigenvalue weighted by molar-refractivity contribution is 6.27. The lowest BCUT2D eigenvalue weighted by Crippen LogP contribution is -1.93. The molecule has 0 atom stereocenters. The Kier molecular flexibility index (Phi) is 23.3. The van der Waals surface area contributed by atoms with Gasteiger partial charge in [-0.3, -0.25) is 0 Å². The van der Waals surface area contributed by atoms with Gasteiger partial charge in [0.2, 0.25) is 0 Å². The minimum Gasteiger partial charge on any atom is -0.0616 e. The Bertz CT molecular complexity index is 9580. The summed E-state index contributed by atoms with van der Waals surface area (Å²) < 4.78 is 0. The fourth-order valence-corrected chi connectivity index (χ4v) is 21.7. The van der Waals surface area contributed by atoms with E-state index in [-0.39, 0.29) is 0 Å². The molecule has 0 radical (unpaired) electrons. The molecule has 0 aliphatic carbocycles. The average molecular weight is 1830 g/mol. The van der Waals surface area contributed by atoms with Gasteiger partial charge < -0.3 is 0 Å². The molecular weight excluding hydrogens is 1730 g/mol. The first-order valence-electron chi connectivity index (χ1n) is 49.8. The highest BCUT2D eigenvalue weighted by Gasteiger charge is 2.24. The van der Waals surface area contributed by atoms with Crippen molar-refractivity contribution >= 4 is 156 Å². The molecule has 0 nitrogen and oxygen atoms in total. The van der Waals surface area contributed by atoms with Crippen LogP contribution < -0.4 is 0 Å². The van der Waals surface area contributed by atoms with E-state index in [0.29, 0.717) is 0 Å². The van der Waals surface area contributed by atoms with Gasteiger partial charge in [0.15, 0.2) is 0 Å². The van der Waals surface area contributed by atoms with Crippen LogP contribution in [-0.4, -0.2) is 0 Å². The summed E-state index contributed by atoms with van der Waals surface area (Å²) in [6.07, 6.45) is 17.8. The second kappa shape index (κ2) is 38.6. The summed E-state index contributed by atoms with van der Waals surface area (Å²) in [6, 6.07) is 196. The zero-order valence-corrected chi connectivity index (χ0v) is 79.4. The molecular formula is C144H96. The molecule has 0 unspecified atom stereocenters. The van der Waals surface area contributed by atoms with Crippen LogP contribution in [0, 0.1) is 0 Å². The Balaban J connectivity index is 0.000000151. The fourth-order valence-electron chi connectivity index (χ4n) is 21.7. The fraction of sp³-hybridized carbons (Fsp3) is 0. The van der Waals surface area contributed by atoms with Crippen molar-refractivity contribution in [3.05, 3.63) is 578 Å². The number of fused-ring (bicyclic) bond motifs is 10. The summed E-state index contributed by atoms with van der Waals surface area (Å²) >= 11 is 0. The molecule has 0 saturated carbocycles. The molecule has 26 rings (SSSR count). The Labute approximate surface area is 839 Å². The molecule has 0 bridgehead atoms. The van der Waals surface area contributed by atoms with Gasteiger partial charge in [-0.05, 0) is 312 Å². The van der Waals surface area contributed by atoms with Gasteiger partial charge in [-0.25, -0.2) is 0 Å². The zero-order valence-electron chi connectivity index (χ0n) is 79.4. The van der Waals surface area contributed by atoms with Gasteiger partial charge in [0.1, 0.15) is 0 Å². The largest absolute Gasteiger partial charge is 0.0616 e. The second-order valence-electron chi connectivity index (χ2n) is 37.7. The molecule has 26 aromatic rings. The van der Waals surface area contributed by atoms with E-state index in [1.807, 2.05) is 0 Å². The highest BCUT2D eigenvalue weighted by Crippen LogP contribution is 2.51. The molecule has 0 saturated heterocycles. The van der Waals surface area contributed by atoms with Gasteiger partial charge in [0.05, 0.1) is 0 Å². The van der Waals surface area contributed by atoms with Crippen molar-refractivity contribution in [3.8, 4) is 111 Å². The van der Waals surface area contributed by atoms with Crippen molar-refractivity contribution in [2.24, 2.45) is 0 Å². The van der Waals surface area contributed by atoms with Gasteiger partial charge in [-0.1, -0.05) is 534 Å². The number of hydrogen-bond acceptors (Lipinski definition) is 0. The van der Waals surface area contributed by atoms with Gasteiger partial charge >= 0.3 is 0 Å². The van der Waals surface area contributed by atoms with Gasteiger partial charge in [0, 0.05) is 0 Å². The van der Waals surface area contributed by atoms with Crippen LogP contribution in [0.3, 0.4) is 0 Å². The van der Waals surface area contributed by atoms with Crippen LogP contribution in [-0.2, 0) is 0 Å². The summed E-state index contributed by atoms with van der Waals surface area (Å²) in [7, 11) is 0. The van der Waals surface area contributed by atoms with Crippen LogP contribution >= 0.6 is 0 Å². The highest BCUT2D eigenvalue weighted by atomic mass is 14.3. The topological polar surface area (TPSA) is 0 Å². The molecule has 0 N–H and O–H groups in total. The van der Waals surface area contributed by atoms with Crippen LogP contribution in [0.15, 0.2) is 534 Å². The Morgan fingerprint density at radius 1 is 0.104 bits per heavy atom. The van der Waals surface area contributed by atoms with E-state index in [0.717, 1.165) is 0 Å². The quantitative estimate of drug-likeness (QED) is 0.0593. The molecule has 0 spiro atoms. The third-order valence-electron chi connectivity index (χ3n) is 28.8. The summed E-state index contributed by atoms with van der Waals surface area (Å²) in [5.41, 5.74) is 33.6. The summed E-state index contributed by atoms with van der Waals surface area (Å²) in [4.78, 5) is 0. The molecule has 0 heterocycles. The Morgan fingerprint density at radius 2 is 0.326 bits per heavy atom. The average Bonchev–Trinajstić information content (AvgIpc) is 0.723. The van der Waals surface area contributed by atoms with E-state index in [4.69, 9.17) is 0 Å². The van der Waals surface area contributed by atoms with Crippen molar-refractivity contribution in [1.29, 1.82) is 0 Å². The zero-order chi connectivity index (χ0) is 95.6. The molecule has 0 amide bonds. The number of hydrogen-bond donors (Lipinski definition) is 0. The SMILES string of the molecule is C(=C\c1ccc2ccccc2c1)/c1cccc(-c2ccc(-c3c4ccccc4c(-c4ccc(-c5cccc(/C=C/c6ccc7ccccc7c6)c5)cc4)c4c(-c5ccc6ccccc6c5)cccc34)cc2)c1.C(=C\c1cccc2ccccc12)/c1cccc(-c2ccc(-c3c4ccccc4c(-c4ccc(-c5cccc(/C=C/c6cccc7ccccc67)c5)cc4)c4c(-c5ccc6ccccc6c5)cccc34)cc2)c1. The molecule has 0 aliphatic heterocycles. The second-order valence-corrected chi connectivity index (χ2v) is 37.7. The van der Waals surface area contributed by atoms with Crippen LogP contribution in [0.5, 0.6) is 0 Å². The van der Waals surface area contributed by atoms with Crippen LogP contribution in [0.2, 0.25) is 0 Å². The number of benzene rings is 26. The first-order chi connectivity index (χ1) is 71.3. The van der Waals surface area contributed by atoms with E-state index in [2.05, 4.69) is 582 Å². The van der Waals surface area contributed by atoms with Crippen LogP contribution in [0.4, 0.5) is 0 Å². The third kappa shape index (κ3) is 17.4. The van der Waals surface area contributed by atoms with Crippen molar-refractivity contribution in [3.63, 3.8) is 0 Å². The smallest absolute Gasteiger partial charge is 0.00141 e. The predicted octanol–water partition coefficient (Wildman–Crippen LogP) is 40.3. The maximum absolute atomic E-state index is 2.35. The lowest BCUT2D eigenvalue weighted by molar-refractivity contribution is 1.59. The maximum atomic E-state index is 2.35. The summed E-state index contributed by atoms with van der Waals surface area (Å²) in [5, 5.41) is 24.9. The summed E-state index contributed by atoms with van der Waals surface area (Å²) in [6.45, 7) is 0. The van der Waals surface area contributed by atoms with Gasteiger partial charge in [-0.2, -0.15) is 0 Å². The summed E-state index contributed by atoms with van der Waals surface area (Å²) in [5.74, 6) is 0. The Morgan fingerprint density at radius 3 is 0.660 bits per heavy atom. The number of rotatable bonds is 18. The maximum Gasteiger partial charge on any atom is -0.00141 e. The lowest BCUT2D eigenvalue weighted by atomic mass is 9.82. The van der Waals surface area contributed by atoms with E-state index < -0.39 is 0 Å². The monoisotopic (exact) mass is 1820 g/mol. The normalized spacial score (nSPS) is 11.8.